The summed E-state index contributed by atoms with van der Waals surface area (Å²) in [5.41, 5.74) is 0.338. The zero-order valence-electron chi connectivity index (χ0n) is 17.8. The Kier molecular flexibility index (Phi) is 5.17. The smallest absolute Gasteiger partial charge is 0.303 e. The summed E-state index contributed by atoms with van der Waals surface area (Å²) in [6.45, 7) is 7.05. The molecule has 4 fully saturated rings. The van der Waals surface area contributed by atoms with Crippen LogP contribution in [0.3, 0.4) is 0 Å². The molecule has 2 N–H and O–H groups in total. The van der Waals surface area contributed by atoms with Gasteiger partial charge in [-0.1, -0.05) is 20.8 Å². The number of aliphatic hydroxyl groups excluding tert-OH is 1. The summed E-state index contributed by atoms with van der Waals surface area (Å²) in [6, 6.07) is 0. The van der Waals surface area contributed by atoms with E-state index in [2.05, 4.69) is 20.8 Å². The highest BCUT2D eigenvalue weighted by atomic mass is 16.4. The number of hydrogen-bond donors (Lipinski definition) is 2. The maximum absolute atomic E-state index is 13.1. The van der Waals surface area contributed by atoms with Crippen LogP contribution in [0.2, 0.25) is 0 Å². The van der Waals surface area contributed by atoms with Crippen molar-refractivity contribution in [3.63, 3.8) is 0 Å². The average Bonchev–Trinajstić information content (AvgIpc) is 2.99. The van der Waals surface area contributed by atoms with Crippen molar-refractivity contribution in [1.29, 1.82) is 0 Å². The molecular weight excluding hydrogens is 352 g/mol. The first kappa shape index (κ1) is 20.4. The maximum atomic E-state index is 13.1. The molecule has 0 spiro atoms. The van der Waals surface area contributed by atoms with E-state index in [1.54, 1.807) is 0 Å². The van der Waals surface area contributed by atoms with Gasteiger partial charge in [0.1, 0.15) is 5.78 Å². The van der Waals surface area contributed by atoms with Crippen molar-refractivity contribution in [2.45, 2.75) is 91.1 Å². The van der Waals surface area contributed by atoms with Crippen molar-refractivity contribution in [1.82, 2.24) is 0 Å². The number of carbonyl (C=O) groups excluding carboxylic acids is 1. The van der Waals surface area contributed by atoms with Crippen molar-refractivity contribution >= 4 is 11.8 Å². The molecule has 0 heterocycles. The maximum Gasteiger partial charge on any atom is 0.303 e. The minimum Gasteiger partial charge on any atom is -0.481 e. The molecule has 0 saturated heterocycles. The molecule has 4 saturated carbocycles. The van der Waals surface area contributed by atoms with Crippen LogP contribution in [0.25, 0.3) is 0 Å². The normalized spacial score (nSPS) is 49.1. The van der Waals surface area contributed by atoms with Gasteiger partial charge in [-0.2, -0.15) is 0 Å². The van der Waals surface area contributed by atoms with Crippen LogP contribution in [0.1, 0.15) is 85.0 Å². The Morgan fingerprint density at radius 2 is 1.79 bits per heavy atom. The second-order valence-electron chi connectivity index (χ2n) is 11.2. The first-order chi connectivity index (χ1) is 13.2. The highest BCUT2D eigenvalue weighted by molar-refractivity contribution is 5.83. The highest BCUT2D eigenvalue weighted by Crippen LogP contribution is 2.67. The molecule has 158 valence electrons. The van der Waals surface area contributed by atoms with Gasteiger partial charge in [0.25, 0.3) is 0 Å². The summed E-state index contributed by atoms with van der Waals surface area (Å²) in [7, 11) is 0. The van der Waals surface area contributed by atoms with Gasteiger partial charge in [0.05, 0.1) is 6.10 Å². The number of carbonyl (C=O) groups is 2. The van der Waals surface area contributed by atoms with E-state index in [-0.39, 0.29) is 29.3 Å². The Hall–Kier alpha value is -0.900. The number of Topliss-reactive ketones (excluding diaryl/α,β-unsaturated/α-hetero) is 1. The zero-order valence-corrected chi connectivity index (χ0v) is 17.8. The van der Waals surface area contributed by atoms with Gasteiger partial charge < -0.3 is 10.2 Å². The van der Waals surface area contributed by atoms with E-state index in [9.17, 15) is 14.7 Å². The first-order valence-electron chi connectivity index (χ1n) is 11.6. The van der Waals surface area contributed by atoms with E-state index in [4.69, 9.17) is 5.11 Å². The standard InChI is InChI=1S/C24H38O4/c1-14(4-7-22(27)28)17-5-6-18-16-13-21(26)20-12-15(25)8-10-24(20,3)19(16)9-11-23(17,18)2/h14-20,25H,4-13H2,1-3H3,(H,27,28)/t14?,15?,16?,17-,18?,19?,20?,23-,24-/m1/s1. The van der Waals surface area contributed by atoms with Gasteiger partial charge in [-0.25, -0.2) is 0 Å². The number of ketones is 1. The molecule has 4 nitrogen and oxygen atoms in total. The Morgan fingerprint density at radius 1 is 1.11 bits per heavy atom. The van der Waals surface area contributed by atoms with E-state index in [1.165, 1.54) is 25.7 Å². The average molecular weight is 391 g/mol. The predicted molar refractivity (Wildman–Crippen MR) is 108 cm³/mol. The Bertz CT molecular complexity index is 645. The van der Waals surface area contributed by atoms with Crippen LogP contribution in [0, 0.1) is 46.3 Å². The summed E-state index contributed by atoms with van der Waals surface area (Å²) >= 11 is 0. The molecule has 4 rings (SSSR count). The predicted octanol–water partition coefficient (Wildman–Crippen LogP) is 4.69. The molecule has 4 heteroatoms. The molecule has 0 aromatic carbocycles. The molecule has 4 aliphatic rings. The summed E-state index contributed by atoms with van der Waals surface area (Å²) in [6.07, 6.45) is 8.80. The fraction of sp³-hybridized carbons (Fsp3) is 0.917. The Morgan fingerprint density at radius 3 is 2.50 bits per heavy atom. The molecule has 6 unspecified atom stereocenters. The molecule has 0 aliphatic heterocycles. The number of carboxylic acid groups (broad SMARTS) is 1. The van der Waals surface area contributed by atoms with Gasteiger partial charge >= 0.3 is 5.97 Å². The Balaban J connectivity index is 1.55. The van der Waals surface area contributed by atoms with Crippen LogP contribution in [0.15, 0.2) is 0 Å². The largest absolute Gasteiger partial charge is 0.481 e. The third-order valence-corrected chi connectivity index (χ3v) is 10.0. The third-order valence-electron chi connectivity index (χ3n) is 10.0. The summed E-state index contributed by atoms with van der Waals surface area (Å²) in [5.74, 6) is 2.54. The lowest BCUT2D eigenvalue weighted by Crippen LogP contribution is -2.57. The minimum atomic E-state index is -0.688. The van der Waals surface area contributed by atoms with Gasteiger partial charge in [-0.15, -0.1) is 0 Å². The number of carboxylic acids is 1. The summed E-state index contributed by atoms with van der Waals surface area (Å²) < 4.78 is 0. The van der Waals surface area contributed by atoms with Crippen molar-refractivity contribution < 1.29 is 19.8 Å². The van der Waals surface area contributed by atoms with Gasteiger partial charge in [0.15, 0.2) is 0 Å². The summed E-state index contributed by atoms with van der Waals surface area (Å²) in [4.78, 5) is 24.2. The lowest BCUT2D eigenvalue weighted by atomic mass is 9.44. The van der Waals surface area contributed by atoms with Crippen LogP contribution < -0.4 is 0 Å². The van der Waals surface area contributed by atoms with Crippen LogP contribution >= 0.6 is 0 Å². The lowest BCUT2D eigenvalue weighted by Gasteiger charge is -2.60. The van der Waals surface area contributed by atoms with Crippen LogP contribution in [-0.2, 0) is 9.59 Å². The van der Waals surface area contributed by atoms with Gasteiger partial charge in [-0.3, -0.25) is 9.59 Å². The number of fused-ring (bicyclic) bond motifs is 5. The number of hydrogen-bond acceptors (Lipinski definition) is 3. The lowest BCUT2D eigenvalue weighted by molar-refractivity contribution is -0.160. The molecule has 9 atom stereocenters. The second kappa shape index (κ2) is 7.11. The Labute approximate surface area is 169 Å². The fourth-order valence-electron chi connectivity index (χ4n) is 8.55. The van der Waals surface area contributed by atoms with Crippen molar-refractivity contribution in [2.24, 2.45) is 46.3 Å². The topological polar surface area (TPSA) is 74.6 Å². The van der Waals surface area contributed by atoms with Gasteiger partial charge in [-0.05, 0) is 91.8 Å². The molecule has 0 bridgehead atoms. The number of rotatable bonds is 4. The molecule has 4 aliphatic carbocycles. The van der Waals surface area contributed by atoms with Crippen molar-refractivity contribution in [3.05, 3.63) is 0 Å². The number of aliphatic carboxylic acids is 1. The van der Waals surface area contributed by atoms with E-state index in [1.807, 2.05) is 0 Å². The SMILES string of the molecule is CC(CCC(=O)O)[C@H]1CCC2C3CC(=O)C4CC(O)CC[C@]4(C)C3CC[C@@]21C. The van der Waals surface area contributed by atoms with E-state index in [0.29, 0.717) is 48.2 Å². The van der Waals surface area contributed by atoms with Crippen molar-refractivity contribution in [3.8, 4) is 0 Å². The van der Waals surface area contributed by atoms with E-state index >= 15 is 0 Å². The fourth-order valence-corrected chi connectivity index (χ4v) is 8.55. The number of aliphatic hydroxyl groups is 1. The monoisotopic (exact) mass is 390 g/mol. The quantitative estimate of drug-likeness (QED) is 0.730. The van der Waals surface area contributed by atoms with E-state index in [0.717, 1.165) is 19.3 Å². The van der Waals surface area contributed by atoms with Crippen molar-refractivity contribution in [2.75, 3.05) is 0 Å². The third kappa shape index (κ3) is 3.05. The highest BCUT2D eigenvalue weighted by Gasteiger charge is 2.62. The second-order valence-corrected chi connectivity index (χ2v) is 11.2. The zero-order chi connectivity index (χ0) is 20.3. The minimum absolute atomic E-state index is 0.0635. The first-order valence-corrected chi connectivity index (χ1v) is 11.6. The molecule has 0 radical (unpaired) electrons. The molecule has 0 amide bonds. The van der Waals surface area contributed by atoms with Gasteiger partial charge in [0.2, 0.25) is 0 Å². The van der Waals surface area contributed by atoms with Crippen LogP contribution in [0.5, 0.6) is 0 Å². The molecule has 0 aromatic heterocycles. The molecule has 0 aromatic rings. The molecule has 28 heavy (non-hydrogen) atoms. The molecular formula is C24H38O4. The van der Waals surface area contributed by atoms with Gasteiger partial charge in [0, 0.05) is 18.8 Å². The van der Waals surface area contributed by atoms with Crippen LogP contribution in [0.4, 0.5) is 0 Å². The van der Waals surface area contributed by atoms with E-state index < -0.39 is 5.97 Å². The summed E-state index contributed by atoms with van der Waals surface area (Å²) in [5, 5.41) is 19.2. The van der Waals surface area contributed by atoms with Crippen LogP contribution in [-0.4, -0.2) is 28.1 Å².